The third-order valence-corrected chi connectivity index (χ3v) is 3.96. The van der Waals surface area contributed by atoms with Gasteiger partial charge in [-0.15, -0.1) is 0 Å². The molecule has 0 unspecified atom stereocenters. The van der Waals surface area contributed by atoms with Crippen molar-refractivity contribution in [2.24, 2.45) is 0 Å². The number of ether oxygens (including phenoxy) is 2. The second-order valence-corrected chi connectivity index (χ2v) is 5.59. The molecular formula is C21H18O4. The summed E-state index contributed by atoms with van der Waals surface area (Å²) in [5.74, 6) is 0.518. The minimum atomic E-state index is -0.982. The van der Waals surface area contributed by atoms with Crippen LogP contribution in [0.1, 0.15) is 5.56 Å². The Balaban J connectivity index is 2.06. The first-order chi connectivity index (χ1) is 12.1. The van der Waals surface area contributed by atoms with Gasteiger partial charge in [-0.3, -0.25) is 0 Å². The predicted octanol–water partition coefficient (Wildman–Crippen LogP) is 4.62. The van der Waals surface area contributed by atoms with Crippen LogP contribution >= 0.6 is 0 Å². The lowest BCUT2D eigenvalue weighted by atomic mass is 9.99. The van der Waals surface area contributed by atoms with Crippen molar-refractivity contribution in [2.45, 2.75) is 0 Å². The molecule has 0 radical (unpaired) electrons. The van der Waals surface area contributed by atoms with E-state index in [1.54, 1.807) is 26.4 Å². The molecule has 0 heterocycles. The SMILES string of the molecule is COc1cc(C=CC(=O)O)cc(-c2ccc3cc(OC)ccc3c2)c1. The van der Waals surface area contributed by atoms with Gasteiger partial charge in [-0.2, -0.15) is 0 Å². The van der Waals surface area contributed by atoms with E-state index in [1.807, 2.05) is 42.5 Å². The molecule has 0 saturated heterocycles. The van der Waals surface area contributed by atoms with Crippen molar-refractivity contribution >= 4 is 22.8 Å². The van der Waals surface area contributed by atoms with Crippen molar-refractivity contribution in [3.63, 3.8) is 0 Å². The van der Waals surface area contributed by atoms with Gasteiger partial charge in [-0.05, 0) is 69.9 Å². The molecule has 4 nitrogen and oxygen atoms in total. The zero-order valence-electron chi connectivity index (χ0n) is 14.0. The molecule has 1 N–H and O–H groups in total. The third-order valence-electron chi connectivity index (χ3n) is 3.96. The number of carbonyl (C=O) groups is 1. The van der Waals surface area contributed by atoms with Gasteiger partial charge in [-0.1, -0.05) is 18.2 Å². The second kappa shape index (κ2) is 7.09. The highest BCUT2D eigenvalue weighted by molar-refractivity contribution is 5.89. The second-order valence-electron chi connectivity index (χ2n) is 5.59. The van der Waals surface area contributed by atoms with Crippen molar-refractivity contribution in [3.05, 3.63) is 66.2 Å². The highest BCUT2D eigenvalue weighted by Gasteiger charge is 2.05. The quantitative estimate of drug-likeness (QED) is 0.692. The molecule has 126 valence electrons. The zero-order chi connectivity index (χ0) is 17.8. The number of fused-ring (bicyclic) bond motifs is 1. The molecule has 3 aromatic carbocycles. The van der Waals surface area contributed by atoms with Gasteiger partial charge in [0.25, 0.3) is 0 Å². The summed E-state index contributed by atoms with van der Waals surface area (Å²) in [5, 5.41) is 11.0. The van der Waals surface area contributed by atoms with E-state index in [0.717, 1.165) is 39.3 Å². The van der Waals surface area contributed by atoms with E-state index in [2.05, 4.69) is 6.07 Å². The molecule has 0 aliphatic carbocycles. The summed E-state index contributed by atoms with van der Waals surface area (Å²) in [4.78, 5) is 10.8. The van der Waals surface area contributed by atoms with Gasteiger partial charge in [0.05, 0.1) is 14.2 Å². The summed E-state index contributed by atoms with van der Waals surface area (Å²) in [6.07, 6.45) is 2.67. The summed E-state index contributed by atoms with van der Waals surface area (Å²) in [5.41, 5.74) is 2.76. The molecule has 0 spiro atoms. The van der Waals surface area contributed by atoms with Gasteiger partial charge >= 0.3 is 5.97 Å². The Bertz CT molecular complexity index is 957. The first kappa shape index (κ1) is 16.6. The molecule has 0 amide bonds. The van der Waals surface area contributed by atoms with Crippen LogP contribution in [-0.2, 0) is 4.79 Å². The average Bonchev–Trinajstić information content (AvgIpc) is 2.65. The molecule has 3 aromatic rings. The number of benzene rings is 3. The van der Waals surface area contributed by atoms with E-state index in [1.165, 1.54) is 0 Å². The highest BCUT2D eigenvalue weighted by atomic mass is 16.5. The first-order valence-corrected chi connectivity index (χ1v) is 7.77. The summed E-state index contributed by atoms with van der Waals surface area (Å²) < 4.78 is 10.6. The Morgan fingerprint density at radius 3 is 2.28 bits per heavy atom. The maximum Gasteiger partial charge on any atom is 0.328 e. The number of carboxylic acid groups (broad SMARTS) is 1. The molecule has 25 heavy (non-hydrogen) atoms. The van der Waals surface area contributed by atoms with Crippen LogP contribution in [0.5, 0.6) is 11.5 Å². The van der Waals surface area contributed by atoms with Gasteiger partial charge in [0.15, 0.2) is 0 Å². The topological polar surface area (TPSA) is 55.8 Å². The number of hydrogen-bond donors (Lipinski definition) is 1. The standard InChI is InChI=1S/C21H18O4/c1-24-19-7-6-15-11-16(4-5-17(15)12-19)18-9-14(3-8-21(22)23)10-20(13-18)25-2/h3-13H,1-2H3,(H,22,23). The molecular weight excluding hydrogens is 316 g/mol. The lowest BCUT2D eigenvalue weighted by Crippen LogP contribution is -1.89. The van der Waals surface area contributed by atoms with E-state index in [-0.39, 0.29) is 0 Å². The van der Waals surface area contributed by atoms with Crippen LogP contribution in [-0.4, -0.2) is 25.3 Å². The fraction of sp³-hybridized carbons (Fsp3) is 0.0952. The molecule has 0 fully saturated rings. The Labute approximate surface area is 145 Å². The number of methoxy groups -OCH3 is 2. The lowest BCUT2D eigenvalue weighted by Gasteiger charge is -2.09. The van der Waals surface area contributed by atoms with E-state index in [0.29, 0.717) is 5.75 Å². The van der Waals surface area contributed by atoms with Crippen LogP contribution in [0.25, 0.3) is 28.0 Å². The summed E-state index contributed by atoms with van der Waals surface area (Å²) in [7, 11) is 3.24. The van der Waals surface area contributed by atoms with Gasteiger partial charge in [0.1, 0.15) is 11.5 Å². The maximum atomic E-state index is 10.8. The third kappa shape index (κ3) is 3.80. The van der Waals surface area contributed by atoms with E-state index in [4.69, 9.17) is 14.6 Å². The number of carboxylic acids is 1. The van der Waals surface area contributed by atoms with Crippen LogP contribution in [0, 0.1) is 0 Å². The minimum absolute atomic E-state index is 0.678. The monoisotopic (exact) mass is 334 g/mol. The number of aliphatic carboxylic acids is 1. The molecule has 0 bridgehead atoms. The number of hydrogen-bond acceptors (Lipinski definition) is 3. The van der Waals surface area contributed by atoms with Crippen molar-refractivity contribution in [1.29, 1.82) is 0 Å². The molecule has 0 saturated carbocycles. The van der Waals surface area contributed by atoms with Crippen molar-refractivity contribution < 1.29 is 19.4 Å². The summed E-state index contributed by atoms with van der Waals surface area (Å²) in [6, 6.07) is 17.8. The van der Waals surface area contributed by atoms with Crippen molar-refractivity contribution in [2.75, 3.05) is 14.2 Å². The van der Waals surface area contributed by atoms with E-state index in [9.17, 15) is 4.79 Å². The van der Waals surface area contributed by atoms with Crippen molar-refractivity contribution in [3.8, 4) is 22.6 Å². The predicted molar refractivity (Wildman–Crippen MR) is 99.2 cm³/mol. The van der Waals surface area contributed by atoms with Crippen LogP contribution in [0.3, 0.4) is 0 Å². The smallest absolute Gasteiger partial charge is 0.328 e. The molecule has 0 aliphatic rings. The average molecular weight is 334 g/mol. The van der Waals surface area contributed by atoms with Crippen molar-refractivity contribution in [1.82, 2.24) is 0 Å². The maximum absolute atomic E-state index is 10.8. The molecule has 4 heteroatoms. The Morgan fingerprint density at radius 2 is 1.56 bits per heavy atom. The fourth-order valence-corrected chi connectivity index (χ4v) is 2.70. The summed E-state index contributed by atoms with van der Waals surface area (Å²) in [6.45, 7) is 0. The van der Waals surface area contributed by atoms with E-state index < -0.39 is 5.97 Å². The van der Waals surface area contributed by atoms with Gasteiger partial charge in [-0.25, -0.2) is 4.79 Å². The Morgan fingerprint density at radius 1 is 0.840 bits per heavy atom. The van der Waals surface area contributed by atoms with Crippen LogP contribution < -0.4 is 9.47 Å². The van der Waals surface area contributed by atoms with E-state index >= 15 is 0 Å². The molecule has 0 aliphatic heterocycles. The largest absolute Gasteiger partial charge is 0.497 e. The highest BCUT2D eigenvalue weighted by Crippen LogP contribution is 2.30. The normalized spacial score (nSPS) is 11.0. The van der Waals surface area contributed by atoms with Gasteiger partial charge in [0, 0.05) is 6.08 Å². The van der Waals surface area contributed by atoms with Crippen LogP contribution in [0.4, 0.5) is 0 Å². The van der Waals surface area contributed by atoms with Gasteiger partial charge in [0.2, 0.25) is 0 Å². The molecule has 3 rings (SSSR count). The van der Waals surface area contributed by atoms with Gasteiger partial charge < -0.3 is 14.6 Å². The number of rotatable bonds is 5. The Kier molecular flexibility index (Phi) is 4.70. The first-order valence-electron chi connectivity index (χ1n) is 7.77. The molecule has 0 aromatic heterocycles. The minimum Gasteiger partial charge on any atom is -0.497 e. The zero-order valence-corrected chi connectivity index (χ0v) is 14.0. The van der Waals surface area contributed by atoms with Crippen LogP contribution in [0.2, 0.25) is 0 Å². The fourth-order valence-electron chi connectivity index (χ4n) is 2.70. The van der Waals surface area contributed by atoms with Crippen LogP contribution in [0.15, 0.2) is 60.7 Å². The molecule has 0 atom stereocenters. The lowest BCUT2D eigenvalue weighted by molar-refractivity contribution is -0.131. The Hall–Kier alpha value is -3.27. The summed E-state index contributed by atoms with van der Waals surface area (Å²) >= 11 is 0.